The second kappa shape index (κ2) is 16.3. The molecular weight excluding hydrogens is 648 g/mol. The molecule has 2 aliphatic carbocycles. The van der Waals surface area contributed by atoms with Crippen LogP contribution >= 0.6 is 7.82 Å². The molecular formula is C28H41FN5O12P. The maximum Gasteiger partial charge on any atom is 0.476 e. The molecule has 262 valence electrons. The molecule has 0 amide bonds. The van der Waals surface area contributed by atoms with Gasteiger partial charge in [0.05, 0.1) is 13.2 Å². The minimum atomic E-state index is -4.99. The molecule has 3 fully saturated rings. The molecule has 0 bridgehead atoms. The number of carbonyl (C=O) groups is 2. The van der Waals surface area contributed by atoms with Crippen molar-refractivity contribution in [3.8, 4) is 0 Å². The lowest BCUT2D eigenvalue weighted by Crippen LogP contribution is -2.48. The minimum Gasteiger partial charge on any atom is -0.460 e. The number of aliphatic hydroxyl groups is 1. The van der Waals surface area contributed by atoms with Crippen LogP contribution in [0.15, 0.2) is 27.0 Å². The molecule has 17 nitrogen and oxygen atoms in total. The van der Waals surface area contributed by atoms with Gasteiger partial charge in [-0.2, -0.15) is 0 Å². The van der Waals surface area contributed by atoms with E-state index in [1.165, 1.54) is 13.8 Å². The van der Waals surface area contributed by atoms with Crippen LogP contribution in [0.5, 0.6) is 0 Å². The summed E-state index contributed by atoms with van der Waals surface area (Å²) in [7, 11) is -4.99. The first kappa shape index (κ1) is 36.7. The van der Waals surface area contributed by atoms with Crippen molar-refractivity contribution in [1.29, 1.82) is 0 Å². The summed E-state index contributed by atoms with van der Waals surface area (Å²) in [4.78, 5) is 54.2. The van der Waals surface area contributed by atoms with Crippen molar-refractivity contribution in [3.05, 3.63) is 43.5 Å². The van der Waals surface area contributed by atoms with Gasteiger partial charge in [-0.1, -0.05) is 18.0 Å². The number of phosphoric ester groups is 1. The molecule has 47 heavy (non-hydrogen) atoms. The Morgan fingerprint density at radius 3 is 2.11 bits per heavy atom. The van der Waals surface area contributed by atoms with E-state index in [0.29, 0.717) is 30.3 Å². The Morgan fingerprint density at radius 2 is 1.62 bits per heavy atom. The smallest absolute Gasteiger partial charge is 0.460 e. The number of nitrogens with zero attached hydrogens (tertiary/aromatic N) is 4. The summed E-state index contributed by atoms with van der Waals surface area (Å²) in [5.74, 6) is -1.74. The molecule has 0 radical (unpaired) electrons. The summed E-state index contributed by atoms with van der Waals surface area (Å²) >= 11 is 0. The number of phosphoric acid groups is 1. The zero-order valence-corrected chi connectivity index (χ0v) is 27.1. The van der Waals surface area contributed by atoms with Crippen molar-refractivity contribution in [3.63, 3.8) is 0 Å². The van der Waals surface area contributed by atoms with Crippen LogP contribution in [0.1, 0.15) is 84.3 Å². The van der Waals surface area contributed by atoms with Gasteiger partial charge in [0, 0.05) is 17.2 Å². The van der Waals surface area contributed by atoms with Crippen molar-refractivity contribution >= 4 is 19.8 Å². The van der Waals surface area contributed by atoms with Gasteiger partial charge in [0.1, 0.15) is 23.9 Å². The zero-order valence-electron chi connectivity index (χ0n) is 26.2. The molecule has 1 aliphatic heterocycles. The number of alkyl halides is 1. The Hall–Kier alpha value is -3.11. The lowest BCUT2D eigenvalue weighted by Gasteiger charge is -2.32. The number of aromatic amines is 1. The predicted octanol–water partition coefficient (Wildman–Crippen LogP) is 3.50. The number of aliphatic hydroxyl groups excluding tert-OH is 1. The average Bonchev–Trinajstić information content (AvgIpc) is 3.29. The molecule has 0 aromatic carbocycles. The predicted molar refractivity (Wildman–Crippen MR) is 160 cm³/mol. The van der Waals surface area contributed by atoms with Gasteiger partial charge in [-0.15, -0.1) is 0 Å². The number of hydrogen-bond acceptors (Lipinski definition) is 13. The van der Waals surface area contributed by atoms with Crippen LogP contribution in [0.2, 0.25) is 0 Å². The SMILES string of the molecule is CC(OP(=O)(OC[C@@]1(CN=[N+]=[N-])O[C@@H](n2ccc(=O)[nH]c2=O)[C@H](F)[C@@H]1O)OC(C)C(=O)OC1CCCCC1)C(=O)OC1CCCCC1. The number of ether oxygens (including phenoxy) is 3. The number of aromatic nitrogens is 2. The van der Waals surface area contributed by atoms with E-state index >= 15 is 4.39 Å². The highest BCUT2D eigenvalue weighted by molar-refractivity contribution is 7.48. The third-order valence-electron chi connectivity index (χ3n) is 8.37. The van der Waals surface area contributed by atoms with Crippen molar-refractivity contribution < 1.29 is 51.4 Å². The van der Waals surface area contributed by atoms with Crippen LogP contribution in [0.4, 0.5) is 4.39 Å². The van der Waals surface area contributed by atoms with E-state index in [0.717, 1.165) is 50.8 Å². The van der Waals surface area contributed by atoms with Crippen LogP contribution < -0.4 is 11.2 Å². The standard InChI is InChI=1S/C28H41FN5O12P/c1-17(25(37)42-19-9-5-3-6-10-19)45-47(40,46-18(2)26(38)43-20-11-7-4-8-12-20)41-16-28(15-31-33-30)23(36)22(29)24(44-28)34-14-13-21(35)32-27(34)39/h13-14,17-20,22-24,36H,3-12,15-16H2,1-2H3,(H,32,35,39)/t17?,18?,22-,23+,24-,28-,47?/m1/s1. The quantitative estimate of drug-likeness (QED) is 0.0940. The fourth-order valence-electron chi connectivity index (χ4n) is 5.74. The number of H-pyrrole nitrogens is 1. The summed E-state index contributed by atoms with van der Waals surface area (Å²) in [6.07, 6.45) is -1.10. The molecule has 0 spiro atoms. The first-order valence-corrected chi connectivity index (χ1v) is 17.2. The molecule has 3 aliphatic rings. The average molecular weight is 690 g/mol. The van der Waals surface area contributed by atoms with E-state index in [1.807, 2.05) is 4.98 Å². The monoisotopic (exact) mass is 689 g/mol. The van der Waals surface area contributed by atoms with E-state index in [9.17, 15) is 28.8 Å². The topological polar surface area (TPSA) is 230 Å². The van der Waals surface area contributed by atoms with Crippen molar-refractivity contribution in [2.45, 2.75) is 127 Å². The molecule has 19 heteroatoms. The normalized spacial score (nSPS) is 28.0. The summed E-state index contributed by atoms with van der Waals surface area (Å²) in [5, 5.41) is 14.3. The van der Waals surface area contributed by atoms with Gasteiger partial charge in [-0.25, -0.2) is 23.3 Å². The largest absolute Gasteiger partial charge is 0.476 e. The van der Waals surface area contributed by atoms with E-state index in [4.69, 9.17) is 33.3 Å². The van der Waals surface area contributed by atoms with Crippen molar-refractivity contribution in [1.82, 2.24) is 9.55 Å². The van der Waals surface area contributed by atoms with E-state index < -0.39 is 80.5 Å². The second-order valence-corrected chi connectivity index (χ2v) is 13.6. The highest BCUT2D eigenvalue weighted by atomic mass is 31.2. The number of azide groups is 1. The second-order valence-electron chi connectivity index (χ2n) is 12.0. The van der Waals surface area contributed by atoms with E-state index in [1.54, 1.807) is 0 Å². The van der Waals surface area contributed by atoms with Crippen LogP contribution in [0.3, 0.4) is 0 Å². The summed E-state index contributed by atoms with van der Waals surface area (Å²) in [6.45, 7) is 0.650. The lowest BCUT2D eigenvalue weighted by atomic mass is 9.97. The molecule has 1 saturated heterocycles. The third-order valence-corrected chi connectivity index (χ3v) is 9.96. The highest BCUT2D eigenvalue weighted by Gasteiger charge is 2.57. The number of nitrogens with one attached hydrogen (secondary N) is 1. The maximum absolute atomic E-state index is 15.5. The maximum atomic E-state index is 15.5. The minimum absolute atomic E-state index is 0.364. The van der Waals surface area contributed by atoms with Crippen molar-refractivity contribution in [2.24, 2.45) is 5.11 Å². The fourth-order valence-corrected chi connectivity index (χ4v) is 7.23. The first-order valence-electron chi connectivity index (χ1n) is 15.7. The third kappa shape index (κ3) is 9.50. The van der Waals surface area contributed by atoms with E-state index in [2.05, 4.69) is 10.0 Å². The van der Waals surface area contributed by atoms with Gasteiger partial charge in [0.25, 0.3) is 5.56 Å². The molecule has 4 rings (SSSR count). The van der Waals surface area contributed by atoms with Crippen LogP contribution in [-0.2, 0) is 41.9 Å². The Labute approximate surface area is 269 Å². The van der Waals surface area contributed by atoms with Gasteiger partial charge >= 0.3 is 25.5 Å². The van der Waals surface area contributed by atoms with Gasteiger partial charge in [-0.05, 0) is 70.7 Å². The van der Waals surface area contributed by atoms with Crippen LogP contribution in [0.25, 0.3) is 10.4 Å². The summed E-state index contributed by atoms with van der Waals surface area (Å²) < 4.78 is 63.4. The lowest BCUT2D eigenvalue weighted by molar-refractivity contribution is -0.162. The number of esters is 2. The fraction of sp³-hybridized carbons (Fsp3) is 0.786. The first-order chi connectivity index (χ1) is 22.4. The van der Waals surface area contributed by atoms with E-state index in [-0.39, 0.29) is 12.2 Å². The van der Waals surface area contributed by atoms with Crippen LogP contribution in [0, 0.1) is 0 Å². The highest BCUT2D eigenvalue weighted by Crippen LogP contribution is 2.54. The van der Waals surface area contributed by atoms with Gasteiger partial charge in [0.2, 0.25) is 0 Å². The number of halogens is 1. The van der Waals surface area contributed by atoms with Crippen molar-refractivity contribution in [2.75, 3.05) is 13.2 Å². The Balaban J connectivity index is 1.56. The Morgan fingerprint density at radius 1 is 1.09 bits per heavy atom. The number of carbonyl (C=O) groups excluding carboxylic acids is 2. The molecule has 2 heterocycles. The molecule has 1 aromatic rings. The summed E-state index contributed by atoms with van der Waals surface area (Å²) in [6, 6.07) is 0.922. The van der Waals surface area contributed by atoms with Gasteiger partial charge in [-0.3, -0.25) is 27.9 Å². The Kier molecular flexibility index (Phi) is 12.8. The van der Waals surface area contributed by atoms with Crippen LogP contribution in [-0.4, -0.2) is 82.0 Å². The number of rotatable bonds is 14. The zero-order chi connectivity index (χ0) is 34.2. The molecule has 2 N–H and O–H groups in total. The number of hydrogen-bond donors (Lipinski definition) is 2. The molecule has 2 unspecified atom stereocenters. The molecule has 6 atom stereocenters. The van der Waals surface area contributed by atoms with Gasteiger partial charge in [0.15, 0.2) is 24.6 Å². The molecule has 2 saturated carbocycles. The molecule has 1 aromatic heterocycles. The Bertz CT molecular complexity index is 1410. The van der Waals surface area contributed by atoms with Gasteiger partial charge < -0.3 is 19.3 Å². The summed E-state index contributed by atoms with van der Waals surface area (Å²) in [5.41, 5.74) is 4.87.